The number of rotatable bonds is 3. The van der Waals surface area contributed by atoms with Crippen molar-refractivity contribution in [1.82, 2.24) is 14.8 Å². The van der Waals surface area contributed by atoms with E-state index in [0.29, 0.717) is 22.4 Å². The van der Waals surface area contributed by atoms with Gasteiger partial charge in [0.2, 0.25) is 5.91 Å². The number of fused-ring (bicyclic) bond motifs is 2. The monoisotopic (exact) mass is 697 g/mol. The second-order valence-electron chi connectivity index (χ2n) is 11.1. The zero-order valence-corrected chi connectivity index (χ0v) is 27.1. The molecule has 4 heterocycles. The van der Waals surface area contributed by atoms with E-state index in [-0.39, 0.29) is 5.92 Å². The number of halogens is 3. The number of hydrogen-bond acceptors (Lipinski definition) is 5. The maximum Gasteiger partial charge on any atom is 0.236 e. The van der Waals surface area contributed by atoms with Crippen LogP contribution in [-0.4, -0.2) is 69.0 Å². The lowest BCUT2D eigenvalue weighted by atomic mass is 9.73. The maximum atomic E-state index is 13.3. The fraction of sp³-hybridized carbons (Fsp3) is 0.586. The quantitative estimate of drug-likeness (QED) is 0.334. The summed E-state index contributed by atoms with van der Waals surface area (Å²) in [7, 11) is 0. The van der Waals surface area contributed by atoms with Gasteiger partial charge in [-0.05, 0) is 102 Å². The summed E-state index contributed by atoms with van der Waals surface area (Å²) in [4.78, 5) is 22.8. The van der Waals surface area contributed by atoms with E-state index in [1.54, 1.807) is 0 Å². The van der Waals surface area contributed by atoms with Crippen molar-refractivity contribution in [3.8, 4) is 0 Å². The van der Waals surface area contributed by atoms with E-state index in [1.165, 1.54) is 46.7 Å². The van der Waals surface area contributed by atoms with Crippen molar-refractivity contribution in [1.29, 1.82) is 0 Å². The van der Waals surface area contributed by atoms with Crippen LogP contribution in [0.2, 0.25) is 5.02 Å². The number of pyridine rings is 1. The van der Waals surface area contributed by atoms with Gasteiger partial charge >= 0.3 is 0 Å². The highest BCUT2D eigenvalue weighted by Gasteiger charge is 2.40. The van der Waals surface area contributed by atoms with E-state index >= 15 is 0 Å². The Morgan fingerprint density at radius 2 is 1.74 bits per heavy atom. The van der Waals surface area contributed by atoms with E-state index in [0.717, 1.165) is 72.3 Å². The van der Waals surface area contributed by atoms with Gasteiger partial charge in [0.05, 0.1) is 16.3 Å². The van der Waals surface area contributed by atoms with E-state index < -0.39 is 0 Å². The van der Waals surface area contributed by atoms with Gasteiger partial charge in [0.15, 0.2) is 0 Å². The largest absolute Gasteiger partial charge is 0.342 e. The fourth-order valence-corrected chi connectivity index (χ4v) is 11.5. The molecule has 38 heavy (non-hydrogen) atoms. The average molecular weight is 700 g/mol. The normalized spacial score (nSPS) is 24.1. The first-order valence-electron chi connectivity index (χ1n) is 13.8. The van der Waals surface area contributed by atoms with Crippen LogP contribution < -0.4 is 0 Å². The van der Waals surface area contributed by atoms with Gasteiger partial charge in [-0.15, -0.1) is 23.5 Å². The van der Waals surface area contributed by atoms with Crippen molar-refractivity contribution in [2.75, 3.05) is 44.2 Å². The van der Waals surface area contributed by atoms with Gasteiger partial charge in [0.25, 0.3) is 0 Å². The van der Waals surface area contributed by atoms with Gasteiger partial charge in [-0.1, -0.05) is 27.5 Å². The summed E-state index contributed by atoms with van der Waals surface area (Å²) in [6, 6.07) is 6.45. The summed E-state index contributed by atoms with van der Waals surface area (Å²) in [5.74, 6) is 3.51. The van der Waals surface area contributed by atoms with Crippen LogP contribution in [-0.2, 0) is 17.6 Å². The van der Waals surface area contributed by atoms with Gasteiger partial charge in [-0.2, -0.15) is 0 Å². The van der Waals surface area contributed by atoms with Crippen LogP contribution in [0.3, 0.4) is 0 Å². The standard InChI is InChI=1S/C29H34Br2ClN3OS2/c30-22-14-21-3-1-2-20-15-23(32)16-24(31)26(20)27(28(21)33-17-22)19-4-8-35(9-5-19)25(36)18-34-10-6-29(7-11-34)37-12-13-38-29/h14-17,19,27H,1-13,18H2/t27-/m1/s1. The molecule has 0 unspecified atom stereocenters. The molecule has 2 aromatic rings. The van der Waals surface area contributed by atoms with Crippen LogP contribution in [0.15, 0.2) is 33.3 Å². The number of carbonyl (C=O) groups excluding carboxylic acids is 1. The Kier molecular flexibility index (Phi) is 8.76. The first-order chi connectivity index (χ1) is 18.4. The predicted molar refractivity (Wildman–Crippen MR) is 168 cm³/mol. The minimum absolute atomic E-state index is 0.206. The molecule has 1 atom stereocenters. The molecule has 4 aliphatic rings. The van der Waals surface area contributed by atoms with Crippen molar-refractivity contribution in [2.24, 2.45) is 5.92 Å². The molecule has 1 spiro atoms. The molecule has 3 aliphatic heterocycles. The molecule has 3 fully saturated rings. The van der Waals surface area contributed by atoms with Crippen LogP contribution in [0, 0.1) is 5.92 Å². The number of thioether (sulfide) groups is 2. The van der Waals surface area contributed by atoms with Gasteiger partial charge in [-0.25, -0.2) is 0 Å². The molecule has 1 amide bonds. The Morgan fingerprint density at radius 1 is 1.03 bits per heavy atom. The summed E-state index contributed by atoms with van der Waals surface area (Å²) in [6.45, 7) is 4.34. The number of piperidine rings is 2. The van der Waals surface area contributed by atoms with Gasteiger partial charge in [-0.3, -0.25) is 14.7 Å². The minimum atomic E-state index is 0.206. The number of aryl methyl sites for hydroxylation is 2. The predicted octanol–water partition coefficient (Wildman–Crippen LogP) is 7.39. The van der Waals surface area contributed by atoms with Crippen LogP contribution in [0.5, 0.6) is 0 Å². The van der Waals surface area contributed by atoms with Crippen molar-refractivity contribution in [3.05, 3.63) is 60.7 Å². The molecule has 204 valence electrons. The highest BCUT2D eigenvalue weighted by atomic mass is 79.9. The SMILES string of the molecule is O=C(CN1CCC2(CC1)SCCS2)N1CCC([C@H]2c3ncc(Br)cc3CCCc3cc(Cl)cc(Br)c32)CC1. The van der Waals surface area contributed by atoms with Crippen LogP contribution in [0.1, 0.15) is 60.4 Å². The Balaban J connectivity index is 1.17. The molecule has 1 aromatic heterocycles. The molecular formula is C29H34Br2ClN3OS2. The topological polar surface area (TPSA) is 36.4 Å². The van der Waals surface area contributed by atoms with E-state index in [9.17, 15) is 4.79 Å². The summed E-state index contributed by atoms with van der Waals surface area (Å²) < 4.78 is 2.56. The third kappa shape index (κ3) is 5.87. The number of benzene rings is 1. The number of carbonyl (C=O) groups is 1. The fourth-order valence-electron chi connectivity index (χ4n) is 6.84. The first-order valence-corrected chi connectivity index (χ1v) is 17.7. The maximum absolute atomic E-state index is 13.3. The Labute approximate surface area is 256 Å². The van der Waals surface area contributed by atoms with E-state index in [2.05, 4.69) is 77.3 Å². The van der Waals surface area contributed by atoms with Crippen molar-refractivity contribution < 1.29 is 4.79 Å². The van der Waals surface area contributed by atoms with Crippen LogP contribution in [0.25, 0.3) is 0 Å². The summed E-state index contributed by atoms with van der Waals surface area (Å²) in [5.41, 5.74) is 5.23. The molecule has 1 aliphatic carbocycles. The van der Waals surface area contributed by atoms with Gasteiger partial charge < -0.3 is 4.90 Å². The Hall–Kier alpha value is -0.250. The summed E-state index contributed by atoms with van der Waals surface area (Å²) in [6.07, 6.45) is 9.48. The van der Waals surface area contributed by atoms with Gasteiger partial charge in [0.1, 0.15) is 0 Å². The second-order valence-corrected chi connectivity index (χ2v) is 16.5. The highest BCUT2D eigenvalue weighted by Crippen LogP contribution is 2.50. The number of likely N-dealkylation sites (tertiary alicyclic amines) is 2. The van der Waals surface area contributed by atoms with Gasteiger partial charge in [0, 0.05) is 63.8 Å². The van der Waals surface area contributed by atoms with E-state index in [1.807, 2.05) is 12.3 Å². The Bertz CT molecular complexity index is 1190. The molecular weight excluding hydrogens is 666 g/mol. The third-order valence-electron chi connectivity index (χ3n) is 8.80. The zero-order valence-electron chi connectivity index (χ0n) is 21.6. The van der Waals surface area contributed by atoms with Crippen molar-refractivity contribution >= 4 is 72.9 Å². The smallest absolute Gasteiger partial charge is 0.236 e. The molecule has 0 N–H and O–H groups in total. The molecule has 6 rings (SSSR count). The minimum Gasteiger partial charge on any atom is -0.342 e. The molecule has 0 bridgehead atoms. The van der Waals surface area contributed by atoms with Crippen molar-refractivity contribution in [3.63, 3.8) is 0 Å². The van der Waals surface area contributed by atoms with Crippen molar-refractivity contribution in [2.45, 2.75) is 54.9 Å². The lowest BCUT2D eigenvalue weighted by molar-refractivity contribution is -0.134. The lowest BCUT2D eigenvalue weighted by Gasteiger charge is -2.40. The van der Waals surface area contributed by atoms with Crippen LogP contribution in [0.4, 0.5) is 0 Å². The highest BCUT2D eigenvalue weighted by molar-refractivity contribution is 9.10. The number of aromatic nitrogens is 1. The number of nitrogens with zero attached hydrogens (tertiary/aromatic N) is 3. The van der Waals surface area contributed by atoms with E-state index in [4.69, 9.17) is 16.6 Å². The zero-order chi connectivity index (χ0) is 26.3. The molecule has 0 radical (unpaired) electrons. The van der Waals surface area contributed by atoms with Crippen LogP contribution >= 0.6 is 67.0 Å². The molecule has 1 aromatic carbocycles. The first kappa shape index (κ1) is 27.9. The number of hydrogen-bond donors (Lipinski definition) is 0. The molecule has 0 saturated carbocycles. The molecule has 4 nitrogen and oxygen atoms in total. The molecule has 3 saturated heterocycles. The summed E-state index contributed by atoms with van der Waals surface area (Å²) >= 11 is 18.3. The number of amides is 1. The summed E-state index contributed by atoms with van der Waals surface area (Å²) in [5, 5.41) is 0.785. The average Bonchev–Trinajstić information content (AvgIpc) is 3.35. The lowest BCUT2D eigenvalue weighted by Crippen LogP contribution is -2.48. The Morgan fingerprint density at radius 3 is 2.47 bits per heavy atom. The third-order valence-corrected chi connectivity index (χ3v) is 13.8. The molecule has 9 heteroatoms. The second kappa shape index (κ2) is 11.9.